The Bertz CT molecular complexity index is 892. The van der Waals surface area contributed by atoms with Crippen molar-refractivity contribution in [3.05, 3.63) is 54.1 Å². The number of nitrogens with zero attached hydrogens (tertiary/aromatic N) is 3. The average molecular weight is 321 g/mol. The number of H-pyrrole nitrogens is 1. The number of aromatic amines is 1. The SMILES string of the molecule is CC1(C)CNC(=O)c2nc(-c3cccc(-n4cccn4)c3)[nH]c2C1. The number of nitrogens with one attached hydrogen (secondary N) is 2. The molecular formula is C18H19N5O. The molecule has 2 aromatic heterocycles. The van der Waals surface area contributed by atoms with E-state index in [0.717, 1.165) is 23.4 Å². The highest BCUT2D eigenvalue weighted by atomic mass is 16.1. The predicted molar refractivity (Wildman–Crippen MR) is 91.0 cm³/mol. The molecule has 122 valence electrons. The van der Waals surface area contributed by atoms with Gasteiger partial charge in [-0.1, -0.05) is 26.0 Å². The lowest BCUT2D eigenvalue weighted by Gasteiger charge is -2.21. The third-order valence-corrected chi connectivity index (χ3v) is 4.27. The van der Waals surface area contributed by atoms with Crippen LogP contribution in [0.15, 0.2) is 42.7 Å². The van der Waals surface area contributed by atoms with Crippen molar-refractivity contribution in [2.75, 3.05) is 6.54 Å². The lowest BCUT2D eigenvalue weighted by Crippen LogP contribution is -2.32. The lowest BCUT2D eigenvalue weighted by atomic mass is 9.88. The Hall–Kier alpha value is -2.89. The number of hydrogen-bond acceptors (Lipinski definition) is 3. The van der Waals surface area contributed by atoms with E-state index >= 15 is 0 Å². The zero-order valence-corrected chi connectivity index (χ0v) is 13.7. The minimum atomic E-state index is -0.110. The molecule has 1 aliphatic rings. The number of carbonyl (C=O) groups excluding carboxylic acids is 1. The Morgan fingerprint density at radius 3 is 2.92 bits per heavy atom. The summed E-state index contributed by atoms with van der Waals surface area (Å²) >= 11 is 0. The number of fused-ring (bicyclic) bond motifs is 1. The molecule has 1 aromatic carbocycles. The van der Waals surface area contributed by atoms with E-state index in [1.54, 1.807) is 10.9 Å². The number of carbonyl (C=O) groups is 1. The quantitative estimate of drug-likeness (QED) is 0.762. The van der Waals surface area contributed by atoms with Gasteiger partial charge in [0, 0.05) is 30.2 Å². The number of imidazole rings is 1. The summed E-state index contributed by atoms with van der Waals surface area (Å²) in [5.74, 6) is 0.600. The Morgan fingerprint density at radius 2 is 2.12 bits per heavy atom. The summed E-state index contributed by atoms with van der Waals surface area (Å²) in [7, 11) is 0. The number of amides is 1. The molecule has 24 heavy (non-hydrogen) atoms. The number of hydrogen-bond donors (Lipinski definition) is 2. The van der Waals surface area contributed by atoms with Gasteiger partial charge in [-0.2, -0.15) is 5.10 Å². The van der Waals surface area contributed by atoms with Crippen LogP contribution >= 0.6 is 0 Å². The molecule has 0 aliphatic carbocycles. The fraction of sp³-hybridized carbons (Fsp3) is 0.278. The molecule has 0 fully saturated rings. The predicted octanol–water partition coefficient (Wildman–Crippen LogP) is 2.57. The van der Waals surface area contributed by atoms with Crippen molar-refractivity contribution in [3.63, 3.8) is 0 Å². The molecule has 0 spiro atoms. The van der Waals surface area contributed by atoms with Crippen molar-refractivity contribution in [2.24, 2.45) is 5.41 Å². The standard InChI is InChI=1S/C18H19N5O/c1-18(2)10-14-15(17(24)19-11-18)22-16(21-14)12-5-3-6-13(9-12)23-8-4-7-20-23/h3-9H,10-11H2,1-2H3,(H,19,24)(H,21,22). The fourth-order valence-corrected chi connectivity index (χ4v) is 3.02. The molecule has 2 N–H and O–H groups in total. The van der Waals surface area contributed by atoms with E-state index in [1.165, 1.54) is 0 Å². The van der Waals surface area contributed by atoms with Gasteiger partial charge in [-0.05, 0) is 30.0 Å². The van der Waals surface area contributed by atoms with E-state index in [0.29, 0.717) is 18.1 Å². The Morgan fingerprint density at radius 1 is 1.25 bits per heavy atom. The van der Waals surface area contributed by atoms with Crippen molar-refractivity contribution < 1.29 is 4.79 Å². The van der Waals surface area contributed by atoms with Crippen molar-refractivity contribution >= 4 is 5.91 Å². The van der Waals surface area contributed by atoms with E-state index in [4.69, 9.17) is 0 Å². The normalized spacial score (nSPS) is 16.3. The molecule has 0 saturated carbocycles. The van der Waals surface area contributed by atoms with Gasteiger partial charge in [0.25, 0.3) is 5.91 Å². The van der Waals surface area contributed by atoms with Crippen LogP contribution in [-0.4, -0.2) is 32.2 Å². The van der Waals surface area contributed by atoms with Crippen molar-refractivity contribution in [3.8, 4) is 17.1 Å². The molecule has 6 nitrogen and oxygen atoms in total. The molecule has 3 aromatic rings. The second-order valence-corrected chi connectivity index (χ2v) is 6.94. The van der Waals surface area contributed by atoms with Gasteiger partial charge in [-0.25, -0.2) is 9.67 Å². The minimum Gasteiger partial charge on any atom is -0.350 e. The zero-order valence-electron chi connectivity index (χ0n) is 13.7. The van der Waals surface area contributed by atoms with Gasteiger partial charge in [0.2, 0.25) is 0 Å². The maximum absolute atomic E-state index is 12.3. The summed E-state index contributed by atoms with van der Waals surface area (Å²) in [6, 6.07) is 9.82. The summed E-state index contributed by atoms with van der Waals surface area (Å²) < 4.78 is 1.80. The van der Waals surface area contributed by atoms with Gasteiger partial charge in [0.05, 0.1) is 5.69 Å². The van der Waals surface area contributed by atoms with Crippen LogP contribution in [0.2, 0.25) is 0 Å². The first kappa shape index (κ1) is 14.7. The Labute approximate surface area is 139 Å². The van der Waals surface area contributed by atoms with Crippen molar-refractivity contribution in [1.82, 2.24) is 25.1 Å². The summed E-state index contributed by atoms with van der Waals surface area (Å²) in [4.78, 5) is 20.2. The molecule has 0 unspecified atom stereocenters. The average Bonchev–Trinajstić information content (AvgIpc) is 3.20. The van der Waals surface area contributed by atoms with E-state index in [2.05, 4.69) is 34.2 Å². The number of aromatic nitrogens is 4. The largest absolute Gasteiger partial charge is 0.350 e. The highest BCUT2D eigenvalue weighted by molar-refractivity contribution is 5.94. The highest BCUT2D eigenvalue weighted by Gasteiger charge is 2.30. The second-order valence-electron chi connectivity index (χ2n) is 6.94. The van der Waals surface area contributed by atoms with Crippen LogP contribution in [0.1, 0.15) is 30.0 Å². The molecule has 0 radical (unpaired) electrons. The third kappa shape index (κ3) is 2.60. The topological polar surface area (TPSA) is 75.6 Å². The maximum atomic E-state index is 12.3. The third-order valence-electron chi connectivity index (χ3n) is 4.27. The highest BCUT2D eigenvalue weighted by Crippen LogP contribution is 2.28. The molecule has 1 aliphatic heterocycles. The molecule has 4 rings (SSSR count). The van der Waals surface area contributed by atoms with Gasteiger partial charge in [0.1, 0.15) is 11.5 Å². The lowest BCUT2D eigenvalue weighted by molar-refractivity contribution is 0.0940. The first-order chi connectivity index (χ1) is 11.5. The zero-order chi connectivity index (χ0) is 16.7. The molecule has 0 bridgehead atoms. The smallest absolute Gasteiger partial charge is 0.271 e. The second kappa shape index (κ2) is 5.33. The van der Waals surface area contributed by atoms with E-state index in [1.807, 2.05) is 36.5 Å². The van der Waals surface area contributed by atoms with Gasteiger partial charge in [0.15, 0.2) is 0 Å². The Kier molecular flexibility index (Phi) is 3.26. The van der Waals surface area contributed by atoms with Crippen LogP contribution in [0.3, 0.4) is 0 Å². The molecule has 0 saturated heterocycles. The van der Waals surface area contributed by atoms with Gasteiger partial charge < -0.3 is 10.3 Å². The van der Waals surface area contributed by atoms with E-state index in [-0.39, 0.29) is 11.3 Å². The van der Waals surface area contributed by atoms with Crippen LogP contribution in [-0.2, 0) is 6.42 Å². The van der Waals surface area contributed by atoms with Gasteiger partial charge in [-0.15, -0.1) is 0 Å². The summed E-state index contributed by atoms with van der Waals surface area (Å²) in [6.45, 7) is 4.93. The van der Waals surface area contributed by atoms with Crippen LogP contribution < -0.4 is 5.32 Å². The van der Waals surface area contributed by atoms with Crippen LogP contribution in [0.5, 0.6) is 0 Å². The maximum Gasteiger partial charge on any atom is 0.271 e. The van der Waals surface area contributed by atoms with Crippen LogP contribution in [0, 0.1) is 5.41 Å². The van der Waals surface area contributed by atoms with Gasteiger partial charge in [-0.3, -0.25) is 4.79 Å². The summed E-state index contributed by atoms with van der Waals surface area (Å²) in [5.41, 5.74) is 3.28. The van der Waals surface area contributed by atoms with Gasteiger partial charge >= 0.3 is 0 Å². The Balaban J connectivity index is 1.75. The minimum absolute atomic E-state index is 0.00161. The first-order valence-electron chi connectivity index (χ1n) is 7.99. The molecule has 3 heterocycles. The monoisotopic (exact) mass is 321 g/mol. The molecule has 6 heteroatoms. The molecule has 0 atom stereocenters. The summed E-state index contributed by atoms with van der Waals surface area (Å²) in [6.07, 6.45) is 4.42. The van der Waals surface area contributed by atoms with E-state index in [9.17, 15) is 4.79 Å². The number of rotatable bonds is 2. The molecule has 1 amide bonds. The van der Waals surface area contributed by atoms with Crippen molar-refractivity contribution in [2.45, 2.75) is 20.3 Å². The van der Waals surface area contributed by atoms with Crippen molar-refractivity contribution in [1.29, 1.82) is 0 Å². The van der Waals surface area contributed by atoms with Crippen LogP contribution in [0.4, 0.5) is 0 Å². The first-order valence-corrected chi connectivity index (χ1v) is 7.99. The van der Waals surface area contributed by atoms with Crippen LogP contribution in [0.25, 0.3) is 17.1 Å². The fourth-order valence-electron chi connectivity index (χ4n) is 3.02. The number of benzene rings is 1. The van der Waals surface area contributed by atoms with E-state index < -0.39 is 0 Å². The summed E-state index contributed by atoms with van der Waals surface area (Å²) in [5, 5.41) is 7.21. The molecular weight excluding hydrogens is 302 g/mol.